The number of ether oxygens (including phenoxy) is 2. The number of hydrogen-bond donors (Lipinski definition) is 1. The van der Waals surface area contributed by atoms with Gasteiger partial charge in [-0.1, -0.05) is 59.6 Å². The lowest BCUT2D eigenvalue weighted by atomic mass is 10.0. The summed E-state index contributed by atoms with van der Waals surface area (Å²) in [6.45, 7) is 1.65. The van der Waals surface area contributed by atoms with Crippen LogP contribution in [-0.4, -0.2) is 63.7 Å². The summed E-state index contributed by atoms with van der Waals surface area (Å²) in [7, 11) is -2.42. The Hall–Kier alpha value is -3.47. The lowest BCUT2D eigenvalue weighted by Crippen LogP contribution is -2.53. The van der Waals surface area contributed by atoms with Gasteiger partial charge in [0.25, 0.3) is 0 Å². The topological polar surface area (TPSA) is 105 Å². The normalized spacial score (nSPS) is 13.3. The largest absolute Gasteiger partial charge is 0.486 e. The van der Waals surface area contributed by atoms with Gasteiger partial charge in [0.15, 0.2) is 11.5 Å². The minimum absolute atomic E-state index is 0.0121. The molecule has 1 N–H and O–H groups in total. The maximum atomic E-state index is 14.1. The van der Waals surface area contributed by atoms with Crippen molar-refractivity contribution in [1.29, 1.82) is 0 Å². The average Bonchev–Trinajstić information content (AvgIpc) is 2.99. The zero-order valence-electron chi connectivity index (χ0n) is 22.7. The van der Waals surface area contributed by atoms with E-state index in [0.717, 1.165) is 9.87 Å². The van der Waals surface area contributed by atoms with Crippen LogP contribution in [-0.2, 0) is 32.6 Å². The van der Waals surface area contributed by atoms with Gasteiger partial charge in [-0.3, -0.25) is 13.9 Å². The maximum absolute atomic E-state index is 14.1. The molecule has 1 aliphatic heterocycles. The molecule has 1 atom stereocenters. The lowest BCUT2D eigenvalue weighted by Gasteiger charge is -2.33. The Labute approximate surface area is 250 Å². The van der Waals surface area contributed by atoms with Gasteiger partial charge in [0.05, 0.1) is 21.5 Å². The second kappa shape index (κ2) is 13.5. The Balaban J connectivity index is 1.74. The van der Waals surface area contributed by atoms with Crippen molar-refractivity contribution in [2.75, 3.05) is 36.9 Å². The van der Waals surface area contributed by atoms with Crippen molar-refractivity contribution in [3.63, 3.8) is 0 Å². The van der Waals surface area contributed by atoms with E-state index >= 15 is 0 Å². The molecule has 1 heterocycles. The Bertz CT molecular complexity index is 1500. The highest BCUT2D eigenvalue weighted by Crippen LogP contribution is 2.35. The molecule has 0 radical (unpaired) electrons. The molecule has 3 aromatic carbocycles. The SMILES string of the molecule is CCS(=O)(=O)N(CC(=O)N(Cc1ccc(Cl)c(Cl)c1)C(Cc1ccccc1)C(=O)NC)c1ccc2c(c1)OCCO2. The number of nitrogens with one attached hydrogen (secondary N) is 1. The highest BCUT2D eigenvalue weighted by atomic mass is 35.5. The summed E-state index contributed by atoms with van der Waals surface area (Å²) >= 11 is 12.4. The van der Waals surface area contributed by atoms with E-state index in [1.165, 1.54) is 18.9 Å². The first-order chi connectivity index (χ1) is 19.6. The molecule has 12 heteroatoms. The standard InChI is InChI=1S/C29H31Cl2N3O6S/c1-3-41(37,38)34(22-10-12-26-27(17-22)40-14-13-39-26)19-28(35)33(18-21-9-11-23(30)24(31)15-21)25(29(36)32-2)16-20-7-5-4-6-8-20/h4-12,15,17,25H,3,13-14,16,18-19H2,1-2H3,(H,32,36). The second-order valence-corrected chi connectivity index (χ2v) is 12.3. The summed E-state index contributed by atoms with van der Waals surface area (Å²) in [6, 6.07) is 18.0. The quantitative estimate of drug-likeness (QED) is 0.343. The van der Waals surface area contributed by atoms with Gasteiger partial charge in [0.1, 0.15) is 25.8 Å². The third kappa shape index (κ3) is 7.44. The van der Waals surface area contributed by atoms with Gasteiger partial charge in [0, 0.05) is 26.1 Å². The summed E-state index contributed by atoms with van der Waals surface area (Å²) in [5.41, 5.74) is 1.70. The monoisotopic (exact) mass is 619 g/mol. The van der Waals surface area contributed by atoms with E-state index in [1.807, 2.05) is 30.3 Å². The van der Waals surface area contributed by atoms with Crippen LogP contribution in [0.1, 0.15) is 18.1 Å². The van der Waals surface area contributed by atoms with Crippen LogP contribution in [0.15, 0.2) is 66.7 Å². The number of carbonyl (C=O) groups is 2. The molecular weight excluding hydrogens is 589 g/mol. The molecule has 4 rings (SSSR count). The molecule has 41 heavy (non-hydrogen) atoms. The summed E-state index contributed by atoms with van der Waals surface area (Å²) in [4.78, 5) is 28.7. The minimum atomic E-state index is -3.91. The molecule has 9 nitrogen and oxygen atoms in total. The lowest BCUT2D eigenvalue weighted by molar-refractivity contribution is -0.139. The van der Waals surface area contributed by atoms with Crippen molar-refractivity contribution in [3.05, 3.63) is 87.9 Å². The van der Waals surface area contributed by atoms with Gasteiger partial charge in [0.2, 0.25) is 21.8 Å². The number of hydrogen-bond acceptors (Lipinski definition) is 6. The highest BCUT2D eigenvalue weighted by Gasteiger charge is 2.33. The number of halogens is 2. The Morgan fingerprint density at radius 1 is 0.927 bits per heavy atom. The van der Waals surface area contributed by atoms with Crippen molar-refractivity contribution >= 4 is 50.7 Å². The Kier molecular flexibility index (Phi) is 10.0. The molecule has 3 aromatic rings. The van der Waals surface area contributed by atoms with E-state index in [4.69, 9.17) is 32.7 Å². The molecule has 1 unspecified atom stereocenters. The highest BCUT2D eigenvalue weighted by molar-refractivity contribution is 7.92. The van der Waals surface area contributed by atoms with Crippen LogP contribution in [0.25, 0.3) is 0 Å². The van der Waals surface area contributed by atoms with E-state index in [0.29, 0.717) is 40.3 Å². The fraction of sp³-hybridized carbons (Fsp3) is 0.310. The number of likely N-dealkylation sites (N-methyl/N-ethyl adjacent to an activating group) is 1. The fourth-order valence-electron chi connectivity index (χ4n) is 4.46. The van der Waals surface area contributed by atoms with Crippen LogP contribution in [0, 0.1) is 0 Å². The first-order valence-corrected chi connectivity index (χ1v) is 15.4. The summed E-state index contributed by atoms with van der Waals surface area (Å²) in [6.07, 6.45) is 0.206. The van der Waals surface area contributed by atoms with Gasteiger partial charge < -0.3 is 19.7 Å². The number of carbonyl (C=O) groups excluding carboxylic acids is 2. The summed E-state index contributed by atoms with van der Waals surface area (Å²) < 4.78 is 38.8. The number of rotatable bonds is 11. The van der Waals surface area contributed by atoms with Crippen molar-refractivity contribution in [1.82, 2.24) is 10.2 Å². The summed E-state index contributed by atoms with van der Waals surface area (Å²) in [5.74, 6) is -0.342. The van der Waals surface area contributed by atoms with Crippen molar-refractivity contribution in [2.45, 2.75) is 25.9 Å². The van der Waals surface area contributed by atoms with Crippen LogP contribution in [0.2, 0.25) is 10.0 Å². The third-order valence-electron chi connectivity index (χ3n) is 6.65. The second-order valence-electron chi connectivity index (χ2n) is 9.33. The smallest absolute Gasteiger partial charge is 0.244 e. The number of benzene rings is 3. The number of nitrogens with zero attached hydrogens (tertiary/aromatic N) is 2. The van der Waals surface area contributed by atoms with Gasteiger partial charge >= 0.3 is 0 Å². The average molecular weight is 621 g/mol. The van der Waals surface area contributed by atoms with Crippen molar-refractivity contribution in [2.24, 2.45) is 0 Å². The van der Waals surface area contributed by atoms with Crippen LogP contribution in [0.5, 0.6) is 11.5 Å². The number of anilines is 1. The first-order valence-electron chi connectivity index (χ1n) is 13.0. The molecular formula is C29H31Cl2N3O6S. The Morgan fingerprint density at radius 3 is 2.29 bits per heavy atom. The number of amides is 2. The minimum Gasteiger partial charge on any atom is -0.486 e. The van der Waals surface area contributed by atoms with Gasteiger partial charge in [-0.2, -0.15) is 0 Å². The molecule has 0 spiro atoms. The number of sulfonamides is 1. The molecule has 0 aromatic heterocycles. The number of fused-ring (bicyclic) bond motifs is 1. The maximum Gasteiger partial charge on any atom is 0.244 e. The van der Waals surface area contributed by atoms with Crippen molar-refractivity contribution < 1.29 is 27.5 Å². The van der Waals surface area contributed by atoms with E-state index in [1.54, 1.807) is 36.4 Å². The molecule has 218 valence electrons. The fourth-order valence-corrected chi connectivity index (χ4v) is 5.84. The van der Waals surface area contributed by atoms with Crippen LogP contribution in [0.4, 0.5) is 5.69 Å². The molecule has 1 aliphatic rings. The zero-order chi connectivity index (χ0) is 29.6. The Morgan fingerprint density at radius 2 is 1.63 bits per heavy atom. The third-order valence-corrected chi connectivity index (χ3v) is 9.13. The molecule has 2 amide bonds. The van der Waals surface area contributed by atoms with E-state index in [-0.39, 0.29) is 24.4 Å². The first kappa shape index (κ1) is 30.5. The zero-order valence-corrected chi connectivity index (χ0v) is 25.0. The van der Waals surface area contributed by atoms with Gasteiger partial charge in [-0.05, 0) is 42.3 Å². The molecule has 0 saturated heterocycles. The predicted octanol–water partition coefficient (Wildman–Crippen LogP) is 4.31. The van der Waals surface area contributed by atoms with Crippen LogP contribution in [0.3, 0.4) is 0 Å². The molecule has 0 saturated carbocycles. The molecule has 0 bridgehead atoms. The van der Waals surface area contributed by atoms with Crippen LogP contribution < -0.4 is 19.1 Å². The van der Waals surface area contributed by atoms with E-state index in [2.05, 4.69) is 5.32 Å². The molecule has 0 fully saturated rings. The predicted molar refractivity (Wildman–Crippen MR) is 159 cm³/mol. The van der Waals surface area contributed by atoms with E-state index < -0.39 is 34.4 Å². The van der Waals surface area contributed by atoms with E-state index in [9.17, 15) is 18.0 Å². The van der Waals surface area contributed by atoms with Crippen LogP contribution >= 0.6 is 23.2 Å². The van der Waals surface area contributed by atoms with Crippen molar-refractivity contribution in [3.8, 4) is 11.5 Å². The van der Waals surface area contributed by atoms with Gasteiger partial charge in [-0.15, -0.1) is 0 Å². The summed E-state index contributed by atoms with van der Waals surface area (Å²) in [5, 5.41) is 3.29. The molecule has 0 aliphatic carbocycles. The van der Waals surface area contributed by atoms with Gasteiger partial charge in [-0.25, -0.2) is 8.42 Å².